The SMILES string of the molecule is O=C1c2ccccc2C(=O)N1c1c(I)cc([N+](=O)[O-])cc1I. The standard InChI is InChI=1S/C14H6I2N2O4/c15-10-5-7(18(21)22)6-11(16)12(10)17-13(19)8-3-1-2-4-9(8)14(17)20/h1-6H. The lowest BCUT2D eigenvalue weighted by atomic mass is 10.1. The molecule has 1 aliphatic heterocycles. The van der Waals surface area contributed by atoms with Crippen LogP contribution in [0.5, 0.6) is 0 Å². The van der Waals surface area contributed by atoms with E-state index in [1.165, 1.54) is 12.1 Å². The van der Waals surface area contributed by atoms with E-state index < -0.39 is 16.7 Å². The summed E-state index contributed by atoms with van der Waals surface area (Å²) in [5.74, 6) is -0.824. The molecule has 0 bridgehead atoms. The van der Waals surface area contributed by atoms with Crippen LogP contribution in [-0.2, 0) is 0 Å². The van der Waals surface area contributed by atoms with Gasteiger partial charge in [-0.2, -0.15) is 0 Å². The first-order valence-corrected chi connectivity index (χ1v) is 8.19. The van der Waals surface area contributed by atoms with Gasteiger partial charge in [-0.25, -0.2) is 4.90 Å². The van der Waals surface area contributed by atoms with Gasteiger partial charge in [-0.05, 0) is 57.3 Å². The van der Waals surface area contributed by atoms with E-state index in [9.17, 15) is 19.7 Å². The first-order chi connectivity index (χ1) is 10.4. The Labute approximate surface area is 151 Å². The summed E-state index contributed by atoms with van der Waals surface area (Å²) in [6.45, 7) is 0. The minimum absolute atomic E-state index is 0.0749. The third kappa shape index (κ3) is 2.29. The highest BCUT2D eigenvalue weighted by Crippen LogP contribution is 2.37. The van der Waals surface area contributed by atoms with Crippen molar-refractivity contribution in [1.29, 1.82) is 0 Å². The number of benzene rings is 2. The number of hydrogen-bond acceptors (Lipinski definition) is 4. The molecule has 1 aliphatic rings. The Kier molecular flexibility index (Phi) is 3.89. The molecule has 0 radical (unpaired) electrons. The number of amides is 2. The fourth-order valence-corrected chi connectivity index (χ4v) is 4.48. The number of non-ortho nitro benzene ring substituents is 1. The highest BCUT2D eigenvalue weighted by molar-refractivity contribution is 14.1. The van der Waals surface area contributed by atoms with Gasteiger partial charge in [0.15, 0.2) is 0 Å². The fourth-order valence-electron chi connectivity index (χ4n) is 2.26. The van der Waals surface area contributed by atoms with Crippen molar-refractivity contribution in [3.05, 3.63) is 64.8 Å². The van der Waals surface area contributed by atoms with Crippen LogP contribution in [0.3, 0.4) is 0 Å². The number of fused-ring (bicyclic) bond motifs is 1. The molecule has 6 nitrogen and oxygen atoms in total. The van der Waals surface area contributed by atoms with Crippen molar-refractivity contribution in [2.75, 3.05) is 4.90 Å². The van der Waals surface area contributed by atoms with Gasteiger partial charge in [-0.1, -0.05) is 12.1 Å². The van der Waals surface area contributed by atoms with Crippen molar-refractivity contribution in [3.63, 3.8) is 0 Å². The van der Waals surface area contributed by atoms with E-state index in [0.717, 1.165) is 4.90 Å². The summed E-state index contributed by atoms with van der Waals surface area (Å²) in [6.07, 6.45) is 0. The molecule has 0 aromatic heterocycles. The van der Waals surface area contributed by atoms with E-state index >= 15 is 0 Å². The molecule has 0 atom stereocenters. The van der Waals surface area contributed by atoms with Crippen molar-refractivity contribution in [2.24, 2.45) is 0 Å². The quantitative estimate of drug-likeness (QED) is 0.263. The number of nitrogens with zero attached hydrogens (tertiary/aromatic N) is 2. The second kappa shape index (κ2) is 5.57. The van der Waals surface area contributed by atoms with E-state index in [-0.39, 0.29) is 5.69 Å². The van der Waals surface area contributed by atoms with Gasteiger partial charge in [0.05, 0.1) is 21.7 Å². The second-order valence-electron chi connectivity index (χ2n) is 4.51. The normalized spacial score (nSPS) is 13.5. The van der Waals surface area contributed by atoms with Crippen LogP contribution in [0.25, 0.3) is 0 Å². The maximum atomic E-state index is 12.5. The minimum Gasteiger partial charge on any atom is -0.268 e. The molecule has 0 saturated heterocycles. The van der Waals surface area contributed by atoms with Crippen molar-refractivity contribution >= 4 is 68.4 Å². The molecular weight excluding hydrogens is 514 g/mol. The van der Waals surface area contributed by atoms with Gasteiger partial charge in [0.2, 0.25) is 0 Å². The summed E-state index contributed by atoms with van der Waals surface area (Å²) >= 11 is 3.80. The highest BCUT2D eigenvalue weighted by atomic mass is 127. The predicted molar refractivity (Wildman–Crippen MR) is 96.1 cm³/mol. The van der Waals surface area contributed by atoms with E-state index in [2.05, 4.69) is 0 Å². The van der Waals surface area contributed by atoms with Gasteiger partial charge in [0, 0.05) is 19.3 Å². The van der Waals surface area contributed by atoms with E-state index in [1.54, 1.807) is 24.3 Å². The number of carbonyl (C=O) groups is 2. The molecule has 3 rings (SSSR count). The van der Waals surface area contributed by atoms with Gasteiger partial charge in [-0.15, -0.1) is 0 Å². The summed E-state index contributed by atoms with van der Waals surface area (Å²) in [5.41, 5.74) is 1.00. The number of nitro benzene ring substituents is 1. The fraction of sp³-hybridized carbons (Fsp3) is 0. The molecule has 2 aromatic carbocycles. The Bertz CT molecular complexity index is 792. The number of carbonyl (C=O) groups excluding carboxylic acids is 2. The molecule has 0 saturated carbocycles. The summed E-state index contributed by atoms with van der Waals surface area (Å²) < 4.78 is 0.955. The Morgan fingerprint density at radius 2 is 1.41 bits per heavy atom. The zero-order valence-corrected chi connectivity index (χ0v) is 15.1. The van der Waals surface area contributed by atoms with Crippen LogP contribution in [-0.4, -0.2) is 16.7 Å². The van der Waals surface area contributed by atoms with Crippen LogP contribution in [0.1, 0.15) is 20.7 Å². The average Bonchev–Trinajstić information content (AvgIpc) is 2.72. The van der Waals surface area contributed by atoms with Crippen LogP contribution in [0, 0.1) is 17.3 Å². The summed E-state index contributed by atoms with van der Waals surface area (Å²) in [4.78, 5) is 36.5. The third-order valence-electron chi connectivity index (χ3n) is 3.23. The van der Waals surface area contributed by atoms with Gasteiger partial charge in [0.25, 0.3) is 17.5 Å². The molecule has 8 heteroatoms. The molecule has 110 valence electrons. The molecule has 0 unspecified atom stereocenters. The average molecular weight is 520 g/mol. The third-order valence-corrected chi connectivity index (χ3v) is 4.87. The van der Waals surface area contributed by atoms with Gasteiger partial charge >= 0.3 is 0 Å². The molecule has 0 aliphatic carbocycles. The Hall–Kier alpha value is -1.56. The Morgan fingerprint density at radius 3 is 1.82 bits per heavy atom. The number of nitro groups is 1. The van der Waals surface area contributed by atoms with Crippen molar-refractivity contribution in [1.82, 2.24) is 0 Å². The van der Waals surface area contributed by atoms with E-state index in [1.807, 2.05) is 45.2 Å². The minimum atomic E-state index is -0.503. The number of anilines is 1. The topological polar surface area (TPSA) is 80.5 Å². The van der Waals surface area contributed by atoms with Crippen LogP contribution in [0.2, 0.25) is 0 Å². The zero-order valence-electron chi connectivity index (χ0n) is 10.7. The lowest BCUT2D eigenvalue weighted by Crippen LogP contribution is -2.31. The van der Waals surface area contributed by atoms with Crippen LogP contribution in [0.4, 0.5) is 11.4 Å². The van der Waals surface area contributed by atoms with Gasteiger partial charge in [0.1, 0.15) is 0 Å². The smallest absolute Gasteiger partial charge is 0.268 e. The van der Waals surface area contributed by atoms with Crippen LogP contribution in [0.15, 0.2) is 36.4 Å². The molecule has 1 heterocycles. The number of imide groups is 1. The molecule has 0 spiro atoms. The zero-order chi connectivity index (χ0) is 16.0. The Balaban J connectivity index is 2.16. The monoisotopic (exact) mass is 520 g/mol. The van der Waals surface area contributed by atoms with Crippen molar-refractivity contribution in [3.8, 4) is 0 Å². The predicted octanol–water partition coefficient (Wildman–Crippen LogP) is 3.60. The number of rotatable bonds is 2. The van der Waals surface area contributed by atoms with Crippen molar-refractivity contribution < 1.29 is 14.5 Å². The molecular formula is C14H6I2N2O4. The molecule has 2 amide bonds. The van der Waals surface area contributed by atoms with Crippen LogP contribution < -0.4 is 4.90 Å². The summed E-state index contributed by atoms with van der Waals surface area (Å²) in [5, 5.41) is 10.9. The Morgan fingerprint density at radius 1 is 0.955 bits per heavy atom. The highest BCUT2D eigenvalue weighted by Gasteiger charge is 2.38. The van der Waals surface area contributed by atoms with Crippen LogP contribution >= 0.6 is 45.2 Å². The van der Waals surface area contributed by atoms with Crippen molar-refractivity contribution in [2.45, 2.75) is 0 Å². The van der Waals surface area contributed by atoms with E-state index in [0.29, 0.717) is 24.0 Å². The molecule has 0 fully saturated rings. The first kappa shape index (κ1) is 15.3. The first-order valence-electron chi connectivity index (χ1n) is 6.03. The van der Waals surface area contributed by atoms with Gasteiger partial charge in [-0.3, -0.25) is 19.7 Å². The molecule has 22 heavy (non-hydrogen) atoms. The molecule has 0 N–H and O–H groups in total. The van der Waals surface area contributed by atoms with E-state index in [4.69, 9.17) is 0 Å². The number of halogens is 2. The summed E-state index contributed by atoms with van der Waals surface area (Å²) in [7, 11) is 0. The van der Waals surface area contributed by atoms with Gasteiger partial charge < -0.3 is 0 Å². The lowest BCUT2D eigenvalue weighted by Gasteiger charge is -2.17. The second-order valence-corrected chi connectivity index (χ2v) is 6.83. The largest absolute Gasteiger partial charge is 0.271 e. The maximum absolute atomic E-state index is 12.5. The summed E-state index contributed by atoms with van der Waals surface area (Å²) in [6, 6.07) is 9.28. The maximum Gasteiger partial charge on any atom is 0.271 e. The number of hydrogen-bond donors (Lipinski definition) is 0. The lowest BCUT2D eigenvalue weighted by molar-refractivity contribution is -0.385. The molecule has 2 aromatic rings.